The Morgan fingerprint density at radius 1 is 1.15 bits per heavy atom. The Hall–Kier alpha value is -2.54. The molecule has 0 saturated carbocycles. The summed E-state index contributed by atoms with van der Waals surface area (Å²) in [6.07, 6.45) is 2.17. The number of para-hydroxylation sites is 1. The van der Waals surface area contributed by atoms with Crippen molar-refractivity contribution in [3.05, 3.63) is 59.7 Å². The fraction of sp³-hybridized carbons (Fsp3) is 0.316. The minimum Gasteiger partial charge on any atom is -0.488 e. The monoisotopic (exact) mass is 373 g/mol. The van der Waals surface area contributed by atoms with E-state index in [2.05, 4.69) is 21.7 Å². The molecule has 0 amide bonds. The van der Waals surface area contributed by atoms with Gasteiger partial charge in [-0.15, -0.1) is 0 Å². The third-order valence-electron chi connectivity index (χ3n) is 4.25. The van der Waals surface area contributed by atoms with Gasteiger partial charge in [0, 0.05) is 26.3 Å². The number of guanidine groups is 1. The first kappa shape index (κ1) is 18.3. The van der Waals surface area contributed by atoms with Crippen molar-refractivity contribution < 1.29 is 13.2 Å². The second-order valence-corrected chi connectivity index (χ2v) is 8.29. The minimum absolute atomic E-state index is 0.0833. The van der Waals surface area contributed by atoms with Crippen molar-refractivity contribution in [2.45, 2.75) is 24.0 Å². The number of hydrogen-bond donors (Lipinski definition) is 2. The molecule has 7 heteroatoms. The summed E-state index contributed by atoms with van der Waals surface area (Å²) in [5, 5.41) is 6.49. The highest BCUT2D eigenvalue weighted by Gasteiger charge is 2.22. The van der Waals surface area contributed by atoms with Gasteiger partial charge in [-0.25, -0.2) is 8.42 Å². The number of nitrogens with zero attached hydrogens (tertiary/aromatic N) is 1. The predicted octanol–water partition coefficient (Wildman–Crippen LogP) is 1.76. The summed E-state index contributed by atoms with van der Waals surface area (Å²) in [6.45, 7) is 1.21. The van der Waals surface area contributed by atoms with Gasteiger partial charge in [-0.3, -0.25) is 4.99 Å². The molecule has 2 aromatic rings. The van der Waals surface area contributed by atoms with E-state index in [1.807, 2.05) is 18.2 Å². The van der Waals surface area contributed by atoms with Crippen LogP contribution in [0.4, 0.5) is 0 Å². The maximum absolute atomic E-state index is 11.5. The van der Waals surface area contributed by atoms with Crippen LogP contribution >= 0.6 is 0 Å². The van der Waals surface area contributed by atoms with Crippen LogP contribution in [0.15, 0.2) is 58.4 Å². The van der Waals surface area contributed by atoms with Gasteiger partial charge in [-0.05, 0) is 29.3 Å². The molecule has 1 aliphatic rings. The molecule has 0 fully saturated rings. The molecule has 26 heavy (non-hydrogen) atoms. The lowest BCUT2D eigenvalue weighted by molar-refractivity contribution is 0.235. The number of sulfone groups is 1. The largest absolute Gasteiger partial charge is 0.488 e. The molecule has 1 aliphatic heterocycles. The van der Waals surface area contributed by atoms with Crippen LogP contribution in [0.1, 0.15) is 11.1 Å². The first-order valence-electron chi connectivity index (χ1n) is 8.44. The molecule has 0 aliphatic carbocycles. The quantitative estimate of drug-likeness (QED) is 0.617. The maximum Gasteiger partial charge on any atom is 0.191 e. The van der Waals surface area contributed by atoms with Crippen LogP contribution in [-0.2, 0) is 22.8 Å². The van der Waals surface area contributed by atoms with Crippen LogP contribution in [0.5, 0.6) is 5.75 Å². The minimum atomic E-state index is -3.17. The summed E-state index contributed by atoms with van der Waals surface area (Å²) < 4.78 is 28.9. The van der Waals surface area contributed by atoms with Crippen molar-refractivity contribution in [3.63, 3.8) is 0 Å². The molecule has 0 bridgehead atoms. The van der Waals surface area contributed by atoms with E-state index < -0.39 is 9.84 Å². The van der Waals surface area contributed by atoms with E-state index in [0.717, 1.165) is 17.7 Å². The molecule has 3 rings (SSSR count). The Morgan fingerprint density at radius 2 is 1.88 bits per heavy atom. The number of rotatable bonds is 5. The van der Waals surface area contributed by atoms with Crippen LogP contribution in [0.3, 0.4) is 0 Å². The van der Waals surface area contributed by atoms with E-state index in [0.29, 0.717) is 23.9 Å². The molecular formula is C19H23N3O3S. The summed E-state index contributed by atoms with van der Waals surface area (Å²) in [6, 6.07) is 14.9. The number of nitrogens with one attached hydrogen (secondary N) is 2. The first-order valence-corrected chi connectivity index (χ1v) is 10.3. The van der Waals surface area contributed by atoms with Crippen molar-refractivity contribution in [2.75, 3.05) is 19.8 Å². The van der Waals surface area contributed by atoms with Gasteiger partial charge in [0.15, 0.2) is 15.8 Å². The van der Waals surface area contributed by atoms with Gasteiger partial charge in [-0.1, -0.05) is 30.3 Å². The summed E-state index contributed by atoms with van der Waals surface area (Å²) in [4.78, 5) is 4.53. The fourth-order valence-electron chi connectivity index (χ4n) is 2.84. The highest BCUT2D eigenvalue weighted by Crippen LogP contribution is 2.27. The van der Waals surface area contributed by atoms with Crippen LogP contribution in [0, 0.1) is 0 Å². The van der Waals surface area contributed by atoms with Crippen molar-refractivity contribution in [2.24, 2.45) is 4.99 Å². The Labute approximate surface area is 154 Å². The average Bonchev–Trinajstić information content (AvgIpc) is 3.04. The van der Waals surface area contributed by atoms with E-state index in [1.165, 1.54) is 11.8 Å². The Bertz CT molecular complexity index is 868. The smallest absolute Gasteiger partial charge is 0.191 e. The standard InChI is InChI=1S/C19H23N3O3S/c1-20-19(21-12-14-7-9-17(10-8-14)26(2,23)24)22-13-16-11-15-5-3-4-6-18(15)25-16/h3-10,16H,11-13H2,1-2H3,(H2,20,21,22). The molecule has 1 atom stereocenters. The molecule has 6 nitrogen and oxygen atoms in total. The summed E-state index contributed by atoms with van der Waals surface area (Å²) in [7, 11) is -1.45. The number of aliphatic imine (C=N–C) groups is 1. The fourth-order valence-corrected chi connectivity index (χ4v) is 3.47. The average molecular weight is 373 g/mol. The molecule has 0 aromatic heterocycles. The van der Waals surface area contributed by atoms with Crippen molar-refractivity contribution in [1.29, 1.82) is 0 Å². The van der Waals surface area contributed by atoms with E-state index >= 15 is 0 Å². The van der Waals surface area contributed by atoms with Crippen LogP contribution in [0.25, 0.3) is 0 Å². The SMILES string of the molecule is CN=C(NCc1ccc(S(C)(=O)=O)cc1)NCC1Cc2ccccc2O1. The first-order chi connectivity index (χ1) is 12.5. The van der Waals surface area contributed by atoms with E-state index in [4.69, 9.17) is 4.74 Å². The Kier molecular flexibility index (Phi) is 5.46. The number of ether oxygens (including phenoxy) is 1. The van der Waals surface area contributed by atoms with Gasteiger partial charge in [-0.2, -0.15) is 0 Å². The van der Waals surface area contributed by atoms with Gasteiger partial charge in [0.1, 0.15) is 11.9 Å². The zero-order chi connectivity index (χ0) is 18.6. The van der Waals surface area contributed by atoms with Gasteiger partial charge in [0.25, 0.3) is 0 Å². The number of benzene rings is 2. The highest BCUT2D eigenvalue weighted by atomic mass is 32.2. The molecule has 1 unspecified atom stereocenters. The van der Waals surface area contributed by atoms with Gasteiger partial charge >= 0.3 is 0 Å². The molecule has 138 valence electrons. The molecule has 0 spiro atoms. The predicted molar refractivity (Wildman–Crippen MR) is 102 cm³/mol. The van der Waals surface area contributed by atoms with Crippen LogP contribution in [-0.4, -0.2) is 40.3 Å². The summed E-state index contributed by atoms with van der Waals surface area (Å²) in [5.41, 5.74) is 2.21. The van der Waals surface area contributed by atoms with E-state index in [-0.39, 0.29) is 6.10 Å². The summed E-state index contributed by atoms with van der Waals surface area (Å²) in [5.74, 6) is 1.63. The summed E-state index contributed by atoms with van der Waals surface area (Å²) >= 11 is 0. The topological polar surface area (TPSA) is 79.8 Å². The zero-order valence-corrected chi connectivity index (χ0v) is 15.7. The van der Waals surface area contributed by atoms with Gasteiger partial charge in [0.2, 0.25) is 0 Å². The molecular weight excluding hydrogens is 350 g/mol. The highest BCUT2D eigenvalue weighted by molar-refractivity contribution is 7.90. The Morgan fingerprint density at radius 3 is 2.54 bits per heavy atom. The van der Waals surface area contributed by atoms with Crippen molar-refractivity contribution in [3.8, 4) is 5.75 Å². The molecule has 0 radical (unpaired) electrons. The van der Waals surface area contributed by atoms with Crippen LogP contribution < -0.4 is 15.4 Å². The second-order valence-electron chi connectivity index (χ2n) is 6.27. The van der Waals surface area contributed by atoms with Gasteiger partial charge < -0.3 is 15.4 Å². The number of fused-ring (bicyclic) bond motifs is 1. The third-order valence-corrected chi connectivity index (χ3v) is 5.37. The molecule has 1 heterocycles. The van der Waals surface area contributed by atoms with Crippen molar-refractivity contribution >= 4 is 15.8 Å². The number of hydrogen-bond acceptors (Lipinski definition) is 4. The van der Waals surface area contributed by atoms with E-state index in [9.17, 15) is 8.42 Å². The second kappa shape index (κ2) is 7.78. The zero-order valence-electron chi connectivity index (χ0n) is 14.9. The molecule has 0 saturated heterocycles. The Balaban J connectivity index is 1.48. The maximum atomic E-state index is 11.5. The van der Waals surface area contributed by atoms with E-state index in [1.54, 1.807) is 31.3 Å². The van der Waals surface area contributed by atoms with Gasteiger partial charge in [0.05, 0.1) is 11.4 Å². The lowest BCUT2D eigenvalue weighted by Crippen LogP contribution is -2.41. The molecule has 2 N–H and O–H groups in total. The van der Waals surface area contributed by atoms with Crippen LogP contribution in [0.2, 0.25) is 0 Å². The lowest BCUT2D eigenvalue weighted by Gasteiger charge is -2.15. The van der Waals surface area contributed by atoms with Crippen molar-refractivity contribution in [1.82, 2.24) is 10.6 Å². The molecule has 2 aromatic carbocycles. The lowest BCUT2D eigenvalue weighted by atomic mass is 10.1. The third kappa shape index (κ3) is 4.54. The normalized spacial score (nSPS) is 16.7.